The molecule has 0 saturated heterocycles. The van der Waals surface area contributed by atoms with Gasteiger partial charge in [0, 0.05) is 11.3 Å². The Hall–Kier alpha value is -2.93. The van der Waals surface area contributed by atoms with Crippen LogP contribution in [0.1, 0.15) is 10.4 Å². The first-order valence-corrected chi connectivity index (χ1v) is 7.41. The molecule has 2 aromatic heterocycles. The number of nitrogens with zero attached hydrogens (tertiary/aromatic N) is 2. The van der Waals surface area contributed by atoms with Crippen LogP contribution in [0.2, 0.25) is 0 Å². The first-order valence-electron chi connectivity index (χ1n) is 6.59. The molecular weight excluding hydrogens is 298 g/mol. The lowest BCUT2D eigenvalue weighted by Crippen LogP contribution is -2.11. The van der Waals surface area contributed by atoms with Crippen LogP contribution in [0.15, 0.2) is 42.7 Å². The van der Waals surface area contributed by atoms with Crippen molar-refractivity contribution in [1.82, 2.24) is 15.0 Å². The smallest absolute Gasteiger partial charge is 0.255 e. The Balaban J connectivity index is 1.64. The van der Waals surface area contributed by atoms with Crippen molar-refractivity contribution in [1.29, 1.82) is 0 Å². The molecule has 2 aromatic carbocycles. The van der Waals surface area contributed by atoms with Gasteiger partial charge in [0.2, 0.25) is 0 Å². The Bertz CT molecular complexity index is 1000. The van der Waals surface area contributed by atoms with Gasteiger partial charge in [0.15, 0.2) is 5.13 Å². The average molecular weight is 309 g/mol. The summed E-state index contributed by atoms with van der Waals surface area (Å²) in [4.78, 5) is 23.7. The number of hydrogen-bond donors (Lipinski definition) is 3. The van der Waals surface area contributed by atoms with Crippen LogP contribution in [0.4, 0.5) is 10.8 Å². The average Bonchev–Trinajstić information content (AvgIpc) is 3.10. The number of fused-ring (bicyclic) bond motifs is 2. The molecule has 22 heavy (non-hydrogen) atoms. The molecule has 6 nitrogen and oxygen atoms in total. The molecule has 4 N–H and O–H groups in total. The van der Waals surface area contributed by atoms with Gasteiger partial charge in [0.05, 0.1) is 27.6 Å². The van der Waals surface area contributed by atoms with Crippen molar-refractivity contribution >= 4 is 49.3 Å². The zero-order valence-corrected chi connectivity index (χ0v) is 12.1. The minimum absolute atomic E-state index is 0.173. The Kier molecular flexibility index (Phi) is 2.80. The highest BCUT2D eigenvalue weighted by atomic mass is 32.1. The number of nitrogens with two attached hydrogens (primary N) is 1. The minimum atomic E-state index is -0.173. The highest BCUT2D eigenvalue weighted by Crippen LogP contribution is 2.25. The summed E-state index contributed by atoms with van der Waals surface area (Å²) in [5.41, 5.74) is 9.51. The van der Waals surface area contributed by atoms with Crippen LogP contribution >= 0.6 is 11.3 Å². The van der Waals surface area contributed by atoms with Crippen LogP contribution in [0, 0.1) is 0 Å². The number of anilines is 2. The molecular formula is C15H11N5OS. The summed E-state index contributed by atoms with van der Waals surface area (Å²) in [5.74, 6) is -0.173. The van der Waals surface area contributed by atoms with Gasteiger partial charge in [0.1, 0.15) is 0 Å². The molecule has 7 heteroatoms. The first-order chi connectivity index (χ1) is 10.7. The minimum Gasteiger partial charge on any atom is -0.375 e. The number of hydrogen-bond acceptors (Lipinski definition) is 5. The fourth-order valence-electron chi connectivity index (χ4n) is 2.30. The molecule has 0 bridgehead atoms. The normalized spacial score (nSPS) is 11.1. The quantitative estimate of drug-likeness (QED) is 0.530. The summed E-state index contributed by atoms with van der Waals surface area (Å²) in [7, 11) is 0. The second kappa shape index (κ2) is 4.81. The Labute approximate surface area is 129 Å². The number of aromatic nitrogens is 3. The third kappa shape index (κ3) is 2.17. The molecule has 4 rings (SSSR count). The van der Waals surface area contributed by atoms with E-state index in [9.17, 15) is 4.79 Å². The third-order valence-electron chi connectivity index (χ3n) is 3.35. The number of imidazole rings is 1. The summed E-state index contributed by atoms with van der Waals surface area (Å²) in [5, 5.41) is 3.38. The van der Waals surface area contributed by atoms with Crippen molar-refractivity contribution in [2.75, 3.05) is 11.1 Å². The number of carbonyl (C=O) groups is 1. The standard InChI is InChI=1S/C15H11N5OS/c16-15-20-11-3-1-8(5-13(11)22-15)14(21)19-9-2-4-10-12(6-9)18-7-17-10/h1-7H,(H2,16,20)(H,17,18)(H,19,21). The van der Waals surface area contributed by atoms with Gasteiger partial charge in [-0.15, -0.1) is 0 Å². The third-order valence-corrected chi connectivity index (χ3v) is 4.19. The van der Waals surface area contributed by atoms with Gasteiger partial charge < -0.3 is 16.0 Å². The van der Waals surface area contributed by atoms with Gasteiger partial charge in [-0.1, -0.05) is 11.3 Å². The van der Waals surface area contributed by atoms with Crippen molar-refractivity contribution in [3.05, 3.63) is 48.3 Å². The van der Waals surface area contributed by atoms with Crippen molar-refractivity contribution < 1.29 is 4.79 Å². The van der Waals surface area contributed by atoms with Gasteiger partial charge in [-0.2, -0.15) is 0 Å². The predicted molar refractivity (Wildman–Crippen MR) is 88.1 cm³/mol. The van der Waals surface area contributed by atoms with Gasteiger partial charge >= 0.3 is 0 Å². The molecule has 0 unspecified atom stereocenters. The zero-order valence-electron chi connectivity index (χ0n) is 11.3. The molecule has 0 radical (unpaired) electrons. The van der Waals surface area contributed by atoms with E-state index in [0.717, 1.165) is 21.3 Å². The number of nitrogens with one attached hydrogen (secondary N) is 2. The topological polar surface area (TPSA) is 96.7 Å². The monoisotopic (exact) mass is 309 g/mol. The van der Waals surface area contributed by atoms with Crippen LogP contribution in [0.25, 0.3) is 21.3 Å². The lowest BCUT2D eigenvalue weighted by Gasteiger charge is -2.05. The molecule has 0 atom stereocenters. The fourth-order valence-corrected chi connectivity index (χ4v) is 3.07. The summed E-state index contributed by atoms with van der Waals surface area (Å²) < 4.78 is 0.897. The number of benzene rings is 2. The second-order valence-corrected chi connectivity index (χ2v) is 5.89. The number of rotatable bonds is 2. The van der Waals surface area contributed by atoms with Gasteiger partial charge in [-0.3, -0.25) is 4.79 Å². The van der Waals surface area contributed by atoms with E-state index in [-0.39, 0.29) is 5.91 Å². The summed E-state index contributed by atoms with van der Waals surface area (Å²) >= 11 is 1.37. The maximum atomic E-state index is 12.4. The SMILES string of the molecule is Nc1nc2ccc(C(=O)Nc3ccc4nc[nH]c4c3)cc2s1. The lowest BCUT2D eigenvalue weighted by molar-refractivity contribution is 0.102. The van der Waals surface area contributed by atoms with E-state index in [1.807, 2.05) is 18.2 Å². The molecule has 1 amide bonds. The molecule has 108 valence electrons. The highest BCUT2D eigenvalue weighted by Gasteiger charge is 2.09. The molecule has 4 aromatic rings. The van der Waals surface area contributed by atoms with Gasteiger partial charge in [0.25, 0.3) is 5.91 Å². The summed E-state index contributed by atoms with van der Waals surface area (Å²) in [6, 6.07) is 10.9. The van der Waals surface area contributed by atoms with Crippen LogP contribution in [0.5, 0.6) is 0 Å². The van der Waals surface area contributed by atoms with E-state index >= 15 is 0 Å². The maximum absolute atomic E-state index is 12.4. The number of amides is 1. The molecule has 0 fully saturated rings. The van der Waals surface area contributed by atoms with E-state index in [0.29, 0.717) is 16.4 Å². The molecule has 0 saturated carbocycles. The van der Waals surface area contributed by atoms with E-state index in [1.165, 1.54) is 11.3 Å². The lowest BCUT2D eigenvalue weighted by atomic mass is 10.2. The van der Waals surface area contributed by atoms with Crippen molar-refractivity contribution in [2.24, 2.45) is 0 Å². The Morgan fingerprint density at radius 1 is 1.18 bits per heavy atom. The predicted octanol–water partition coefficient (Wildman–Crippen LogP) is 3.01. The number of thiazole rings is 1. The van der Waals surface area contributed by atoms with Crippen molar-refractivity contribution in [3.8, 4) is 0 Å². The zero-order chi connectivity index (χ0) is 15.1. The van der Waals surface area contributed by atoms with Crippen molar-refractivity contribution in [3.63, 3.8) is 0 Å². The number of carbonyl (C=O) groups excluding carboxylic acids is 1. The second-order valence-electron chi connectivity index (χ2n) is 4.82. The number of H-pyrrole nitrogens is 1. The fraction of sp³-hybridized carbons (Fsp3) is 0. The number of nitrogen functional groups attached to an aromatic ring is 1. The first kappa shape index (κ1) is 12.8. The van der Waals surface area contributed by atoms with Gasteiger partial charge in [-0.25, -0.2) is 9.97 Å². The molecule has 0 aliphatic heterocycles. The summed E-state index contributed by atoms with van der Waals surface area (Å²) in [6.45, 7) is 0. The summed E-state index contributed by atoms with van der Waals surface area (Å²) in [6.07, 6.45) is 1.62. The maximum Gasteiger partial charge on any atom is 0.255 e. The van der Waals surface area contributed by atoms with E-state index < -0.39 is 0 Å². The Morgan fingerprint density at radius 3 is 2.95 bits per heavy atom. The largest absolute Gasteiger partial charge is 0.375 e. The van der Waals surface area contributed by atoms with Crippen LogP contribution < -0.4 is 11.1 Å². The molecule has 0 aliphatic rings. The van der Waals surface area contributed by atoms with E-state index in [2.05, 4.69) is 20.3 Å². The van der Waals surface area contributed by atoms with Gasteiger partial charge in [-0.05, 0) is 36.4 Å². The highest BCUT2D eigenvalue weighted by molar-refractivity contribution is 7.22. The van der Waals surface area contributed by atoms with Crippen molar-refractivity contribution in [2.45, 2.75) is 0 Å². The van der Waals surface area contributed by atoms with Crippen LogP contribution in [-0.4, -0.2) is 20.9 Å². The Morgan fingerprint density at radius 2 is 2.05 bits per heavy atom. The molecule has 0 spiro atoms. The number of aromatic amines is 1. The van der Waals surface area contributed by atoms with Crippen LogP contribution in [-0.2, 0) is 0 Å². The van der Waals surface area contributed by atoms with Crippen LogP contribution in [0.3, 0.4) is 0 Å². The molecule has 2 heterocycles. The van der Waals surface area contributed by atoms with E-state index in [4.69, 9.17) is 5.73 Å². The molecule has 0 aliphatic carbocycles. The van der Waals surface area contributed by atoms with E-state index in [1.54, 1.807) is 24.5 Å².